The van der Waals surface area contributed by atoms with Gasteiger partial charge in [-0.05, 0) is 31.5 Å². The summed E-state index contributed by atoms with van der Waals surface area (Å²) in [5, 5.41) is 0. The van der Waals surface area contributed by atoms with E-state index in [0.29, 0.717) is 0 Å². The average Bonchev–Trinajstić information content (AvgIpc) is 2.53. The number of hydrogen-bond acceptors (Lipinski definition) is 2. The number of rotatable bonds is 7. The highest BCUT2D eigenvalue weighted by atomic mass is 35.5. The van der Waals surface area contributed by atoms with Gasteiger partial charge in [0.1, 0.15) is 0 Å². The zero-order chi connectivity index (χ0) is 14.3. The maximum absolute atomic E-state index is 6.45. The van der Waals surface area contributed by atoms with Gasteiger partial charge in [-0.25, -0.2) is 0 Å². The third-order valence-electron chi connectivity index (χ3n) is 4.64. The van der Waals surface area contributed by atoms with Crippen molar-refractivity contribution in [3.8, 4) is 0 Å². The molecule has 2 nitrogen and oxygen atoms in total. The lowest BCUT2D eigenvalue weighted by atomic mass is 9.79. The van der Waals surface area contributed by atoms with Gasteiger partial charge in [-0.15, -0.1) is 12.4 Å². The van der Waals surface area contributed by atoms with Gasteiger partial charge in [0, 0.05) is 6.54 Å². The maximum atomic E-state index is 6.45. The van der Waals surface area contributed by atoms with Crippen LogP contribution in [0.3, 0.4) is 0 Å². The highest BCUT2D eigenvalue weighted by Crippen LogP contribution is 2.40. The smallest absolute Gasteiger partial charge is 0.0931 e. The molecule has 3 heteroatoms. The molecule has 1 aliphatic carbocycles. The average molecular weight is 312 g/mol. The topological polar surface area (TPSA) is 12.5 Å². The van der Waals surface area contributed by atoms with E-state index in [4.69, 9.17) is 4.74 Å². The van der Waals surface area contributed by atoms with Gasteiger partial charge in [0.2, 0.25) is 0 Å². The van der Waals surface area contributed by atoms with Crippen molar-refractivity contribution < 1.29 is 4.74 Å². The van der Waals surface area contributed by atoms with E-state index < -0.39 is 0 Å². The number of likely N-dealkylation sites (N-methyl/N-ethyl adjacent to an activating group) is 1. The third kappa shape index (κ3) is 4.98. The van der Waals surface area contributed by atoms with Gasteiger partial charge >= 0.3 is 0 Å². The molecule has 0 atom stereocenters. The lowest BCUT2D eigenvalue weighted by Crippen LogP contribution is -2.36. The van der Waals surface area contributed by atoms with E-state index in [0.717, 1.165) is 26.2 Å². The minimum Gasteiger partial charge on any atom is -0.369 e. The maximum Gasteiger partial charge on any atom is 0.0931 e. The lowest BCUT2D eigenvalue weighted by molar-refractivity contribution is -0.0810. The van der Waals surface area contributed by atoms with Crippen molar-refractivity contribution in [1.29, 1.82) is 0 Å². The van der Waals surface area contributed by atoms with Gasteiger partial charge < -0.3 is 9.64 Å². The Morgan fingerprint density at radius 3 is 2.19 bits per heavy atom. The number of halogens is 1. The minimum absolute atomic E-state index is 0. The number of nitrogens with zero attached hydrogens (tertiary/aromatic N) is 1. The van der Waals surface area contributed by atoms with E-state index in [2.05, 4.69) is 49.1 Å². The summed E-state index contributed by atoms with van der Waals surface area (Å²) in [6.45, 7) is 8.54. The molecule has 2 rings (SSSR count). The first-order chi connectivity index (χ1) is 9.80. The molecule has 0 saturated heterocycles. The van der Waals surface area contributed by atoms with Crippen LogP contribution in [0.4, 0.5) is 0 Å². The summed E-state index contributed by atoms with van der Waals surface area (Å²) in [5.41, 5.74) is 1.35. The summed E-state index contributed by atoms with van der Waals surface area (Å²) in [7, 11) is 0. The minimum atomic E-state index is -0.0212. The van der Waals surface area contributed by atoms with E-state index >= 15 is 0 Å². The van der Waals surface area contributed by atoms with Crippen LogP contribution in [-0.2, 0) is 10.3 Å². The normalized spacial score (nSPS) is 17.5. The Balaban J connectivity index is 0.00000220. The van der Waals surface area contributed by atoms with Crippen LogP contribution in [0.5, 0.6) is 0 Å². The van der Waals surface area contributed by atoms with Crippen molar-refractivity contribution in [2.45, 2.75) is 51.6 Å². The summed E-state index contributed by atoms with van der Waals surface area (Å²) < 4.78 is 6.45. The van der Waals surface area contributed by atoms with Crippen LogP contribution >= 0.6 is 12.4 Å². The summed E-state index contributed by atoms with van der Waals surface area (Å²) >= 11 is 0. The molecule has 21 heavy (non-hydrogen) atoms. The Bertz CT molecular complexity index is 372. The van der Waals surface area contributed by atoms with Gasteiger partial charge in [-0.3, -0.25) is 0 Å². The van der Waals surface area contributed by atoms with Crippen molar-refractivity contribution in [2.75, 3.05) is 26.2 Å². The van der Waals surface area contributed by atoms with Gasteiger partial charge in [-0.1, -0.05) is 63.4 Å². The van der Waals surface area contributed by atoms with Crippen molar-refractivity contribution >= 4 is 12.4 Å². The van der Waals surface area contributed by atoms with Crippen molar-refractivity contribution in [3.63, 3.8) is 0 Å². The molecule has 0 aliphatic heterocycles. The van der Waals surface area contributed by atoms with Crippen LogP contribution in [-0.4, -0.2) is 31.1 Å². The van der Waals surface area contributed by atoms with Gasteiger partial charge in [-0.2, -0.15) is 0 Å². The first-order valence-electron chi connectivity index (χ1n) is 8.22. The first kappa shape index (κ1) is 18.5. The molecular formula is C18H30ClNO. The molecule has 0 amide bonds. The molecule has 0 spiro atoms. The molecule has 0 unspecified atom stereocenters. The van der Waals surface area contributed by atoms with Crippen molar-refractivity contribution in [3.05, 3.63) is 35.9 Å². The fraction of sp³-hybridized carbons (Fsp3) is 0.667. The molecule has 120 valence electrons. The summed E-state index contributed by atoms with van der Waals surface area (Å²) in [4.78, 5) is 2.43. The second kappa shape index (κ2) is 9.45. The SMILES string of the molecule is CCN(CC)CCOC1(c2ccccc2)CCCCC1.Cl. The molecular weight excluding hydrogens is 282 g/mol. The van der Waals surface area contributed by atoms with E-state index in [1.807, 2.05) is 0 Å². The Kier molecular flexibility index (Phi) is 8.31. The predicted molar refractivity (Wildman–Crippen MR) is 92.2 cm³/mol. The molecule has 0 aromatic heterocycles. The third-order valence-corrected chi connectivity index (χ3v) is 4.64. The quantitative estimate of drug-likeness (QED) is 0.728. The Hall–Kier alpha value is -0.570. The fourth-order valence-corrected chi connectivity index (χ4v) is 3.29. The van der Waals surface area contributed by atoms with Crippen LogP contribution < -0.4 is 0 Å². The highest BCUT2D eigenvalue weighted by Gasteiger charge is 2.34. The van der Waals surface area contributed by atoms with E-state index in [9.17, 15) is 0 Å². The predicted octanol–water partition coefficient (Wildman–Crippen LogP) is 4.63. The Labute approximate surface area is 136 Å². The second-order valence-corrected chi connectivity index (χ2v) is 5.80. The lowest BCUT2D eigenvalue weighted by Gasteiger charge is -2.38. The number of benzene rings is 1. The molecule has 0 radical (unpaired) electrons. The summed E-state index contributed by atoms with van der Waals surface area (Å²) in [5.74, 6) is 0. The van der Waals surface area contributed by atoms with Gasteiger partial charge in [0.15, 0.2) is 0 Å². The number of ether oxygens (including phenoxy) is 1. The molecule has 1 aromatic rings. The zero-order valence-corrected chi connectivity index (χ0v) is 14.3. The van der Waals surface area contributed by atoms with Crippen LogP contribution in [0, 0.1) is 0 Å². The van der Waals surface area contributed by atoms with Crippen molar-refractivity contribution in [2.24, 2.45) is 0 Å². The fourth-order valence-electron chi connectivity index (χ4n) is 3.29. The van der Waals surface area contributed by atoms with E-state index in [1.54, 1.807) is 0 Å². The molecule has 1 saturated carbocycles. The molecule has 1 aliphatic rings. The molecule has 1 aromatic carbocycles. The van der Waals surface area contributed by atoms with Crippen molar-refractivity contribution in [1.82, 2.24) is 4.90 Å². The van der Waals surface area contributed by atoms with Crippen LogP contribution in [0.25, 0.3) is 0 Å². The number of hydrogen-bond donors (Lipinski definition) is 0. The summed E-state index contributed by atoms with van der Waals surface area (Å²) in [6, 6.07) is 10.8. The first-order valence-corrected chi connectivity index (χ1v) is 8.22. The van der Waals surface area contributed by atoms with E-state index in [1.165, 1.54) is 37.7 Å². The molecule has 0 N–H and O–H groups in total. The standard InChI is InChI=1S/C18H29NO.ClH/c1-3-19(4-2)15-16-20-18(13-9-6-10-14-18)17-11-7-5-8-12-17;/h5,7-8,11-12H,3-4,6,9-10,13-16H2,1-2H3;1H. The van der Waals surface area contributed by atoms with Crippen LogP contribution in [0.2, 0.25) is 0 Å². The molecule has 0 bridgehead atoms. The Morgan fingerprint density at radius 2 is 1.62 bits per heavy atom. The molecule has 1 fully saturated rings. The van der Waals surface area contributed by atoms with Gasteiger partial charge in [0.05, 0.1) is 12.2 Å². The largest absolute Gasteiger partial charge is 0.369 e. The highest BCUT2D eigenvalue weighted by molar-refractivity contribution is 5.85. The second-order valence-electron chi connectivity index (χ2n) is 5.80. The molecule has 0 heterocycles. The summed E-state index contributed by atoms with van der Waals surface area (Å²) in [6.07, 6.45) is 6.29. The van der Waals surface area contributed by atoms with Crippen LogP contribution in [0.15, 0.2) is 30.3 Å². The van der Waals surface area contributed by atoms with Crippen LogP contribution in [0.1, 0.15) is 51.5 Å². The zero-order valence-electron chi connectivity index (χ0n) is 13.5. The monoisotopic (exact) mass is 311 g/mol. The van der Waals surface area contributed by atoms with E-state index in [-0.39, 0.29) is 18.0 Å². The Morgan fingerprint density at radius 1 is 1.00 bits per heavy atom. The van der Waals surface area contributed by atoms with Gasteiger partial charge in [0.25, 0.3) is 0 Å².